The largest absolute Gasteiger partial charge is 0.465 e. The molecular weight excluding hydrogens is 465 g/mol. The predicted octanol–water partition coefficient (Wildman–Crippen LogP) is 3.82. The quantitative estimate of drug-likeness (QED) is 0.535. The average Bonchev–Trinajstić information content (AvgIpc) is 3.06. The maximum atomic E-state index is 15.3. The second-order valence-corrected chi connectivity index (χ2v) is 9.80. The fourth-order valence-corrected chi connectivity index (χ4v) is 3.90. The Morgan fingerprint density at radius 1 is 1.34 bits per heavy atom. The molecular formula is C19H19BrFN3O4S. The van der Waals surface area contributed by atoms with Crippen LogP contribution in [-0.4, -0.2) is 43.1 Å². The molecule has 3 aromatic rings. The lowest BCUT2D eigenvalue weighted by Crippen LogP contribution is -2.12. The van der Waals surface area contributed by atoms with Gasteiger partial charge in [-0.05, 0) is 36.8 Å². The minimum atomic E-state index is -3.22. The number of rotatable bonds is 6. The lowest BCUT2D eigenvalue weighted by molar-refractivity contribution is 0.0601. The topological polar surface area (TPSA) is 90.3 Å². The molecule has 2 aromatic carbocycles. The minimum Gasteiger partial charge on any atom is -0.465 e. The number of carbonyl (C=O) groups is 1. The molecule has 0 aliphatic rings. The summed E-state index contributed by atoms with van der Waals surface area (Å²) in [5, 5.41) is 2.97. The first-order valence-corrected chi connectivity index (χ1v) is 11.4. The molecule has 1 N–H and O–H groups in total. The van der Waals surface area contributed by atoms with Gasteiger partial charge in [0.15, 0.2) is 5.82 Å². The number of benzene rings is 2. The van der Waals surface area contributed by atoms with Crippen LogP contribution in [0.5, 0.6) is 0 Å². The third-order valence-corrected chi connectivity index (χ3v) is 5.83. The fraction of sp³-hybridized carbons (Fsp3) is 0.263. The monoisotopic (exact) mass is 483 g/mol. The maximum Gasteiger partial charge on any atom is 0.340 e. The number of hydrogen-bond acceptors (Lipinski definition) is 6. The van der Waals surface area contributed by atoms with Crippen LogP contribution in [0, 0.1) is 12.7 Å². The van der Waals surface area contributed by atoms with E-state index in [9.17, 15) is 13.2 Å². The molecule has 0 radical (unpaired) electrons. The number of hydrogen-bond donors (Lipinski definition) is 1. The van der Waals surface area contributed by atoms with Gasteiger partial charge in [-0.3, -0.25) is 0 Å². The predicted molar refractivity (Wildman–Crippen MR) is 113 cm³/mol. The molecule has 154 valence electrons. The number of sulfone groups is 1. The van der Waals surface area contributed by atoms with Gasteiger partial charge in [0.05, 0.1) is 36.0 Å². The summed E-state index contributed by atoms with van der Waals surface area (Å²) in [6.45, 7) is 1.94. The number of nitrogens with zero attached hydrogens (tertiary/aromatic N) is 2. The molecule has 0 fully saturated rings. The summed E-state index contributed by atoms with van der Waals surface area (Å²) >= 11 is 3.38. The van der Waals surface area contributed by atoms with Crippen molar-refractivity contribution in [3.63, 3.8) is 0 Å². The highest BCUT2D eigenvalue weighted by molar-refractivity contribution is 9.10. The van der Waals surface area contributed by atoms with E-state index >= 15 is 4.39 Å². The number of anilines is 2. The Bertz CT molecular complexity index is 1210. The van der Waals surface area contributed by atoms with E-state index in [0.29, 0.717) is 11.2 Å². The summed E-state index contributed by atoms with van der Waals surface area (Å²) in [4.78, 5) is 16.4. The second kappa shape index (κ2) is 8.11. The van der Waals surface area contributed by atoms with E-state index in [-0.39, 0.29) is 29.1 Å². The van der Waals surface area contributed by atoms with Gasteiger partial charge < -0.3 is 14.6 Å². The molecule has 0 saturated carbocycles. The Balaban J connectivity index is 2.14. The minimum absolute atomic E-state index is 0.0130. The van der Waals surface area contributed by atoms with Crippen LogP contribution in [0.4, 0.5) is 15.8 Å². The first kappa shape index (κ1) is 21.3. The van der Waals surface area contributed by atoms with Crippen molar-refractivity contribution in [3.05, 3.63) is 52.0 Å². The zero-order valence-electron chi connectivity index (χ0n) is 16.0. The van der Waals surface area contributed by atoms with Gasteiger partial charge in [-0.25, -0.2) is 22.6 Å². The highest BCUT2D eigenvalue weighted by Gasteiger charge is 2.23. The molecule has 0 amide bonds. The van der Waals surface area contributed by atoms with Crippen LogP contribution >= 0.6 is 15.9 Å². The molecule has 0 unspecified atom stereocenters. The molecule has 3 rings (SSSR count). The fourth-order valence-electron chi connectivity index (χ4n) is 2.90. The van der Waals surface area contributed by atoms with Gasteiger partial charge in [-0.2, -0.15) is 0 Å². The smallest absolute Gasteiger partial charge is 0.340 e. The molecule has 0 spiro atoms. The van der Waals surface area contributed by atoms with Crippen molar-refractivity contribution >= 4 is 54.1 Å². The molecule has 1 aromatic heterocycles. The Morgan fingerprint density at radius 3 is 2.69 bits per heavy atom. The summed E-state index contributed by atoms with van der Waals surface area (Å²) in [5.41, 5.74) is 1.73. The Morgan fingerprint density at radius 2 is 2.07 bits per heavy atom. The number of carbonyl (C=O) groups excluding carboxylic acids is 1. The zero-order valence-corrected chi connectivity index (χ0v) is 18.4. The SMILES string of the molecule is COC(=O)c1cc2c(ncn2CCS(C)(=O)=O)c(F)c1Nc1ccc(Br)cc1C. The molecule has 0 aliphatic heterocycles. The summed E-state index contributed by atoms with van der Waals surface area (Å²) in [5.74, 6) is -1.58. The number of methoxy groups -OCH3 is 1. The van der Waals surface area contributed by atoms with Crippen LogP contribution in [0.25, 0.3) is 11.0 Å². The summed E-state index contributed by atoms with van der Waals surface area (Å²) in [6.07, 6.45) is 2.48. The van der Waals surface area contributed by atoms with Gasteiger partial charge in [-0.15, -0.1) is 0 Å². The van der Waals surface area contributed by atoms with E-state index in [1.165, 1.54) is 24.1 Å². The zero-order chi connectivity index (χ0) is 21.3. The number of halogens is 2. The van der Waals surface area contributed by atoms with Crippen molar-refractivity contribution < 1.29 is 22.3 Å². The Kier molecular flexibility index (Phi) is 5.95. The van der Waals surface area contributed by atoms with Gasteiger partial charge in [-0.1, -0.05) is 15.9 Å². The van der Waals surface area contributed by atoms with Crippen molar-refractivity contribution in [2.75, 3.05) is 24.4 Å². The maximum absolute atomic E-state index is 15.3. The third-order valence-electron chi connectivity index (χ3n) is 4.41. The highest BCUT2D eigenvalue weighted by Crippen LogP contribution is 2.33. The van der Waals surface area contributed by atoms with Crippen LogP contribution in [-0.2, 0) is 21.1 Å². The average molecular weight is 484 g/mol. The van der Waals surface area contributed by atoms with Crippen LogP contribution in [0.3, 0.4) is 0 Å². The van der Waals surface area contributed by atoms with Crippen LogP contribution < -0.4 is 5.32 Å². The molecule has 0 atom stereocenters. The lowest BCUT2D eigenvalue weighted by Gasteiger charge is -2.15. The summed E-state index contributed by atoms with van der Waals surface area (Å²) < 4.78 is 45.5. The van der Waals surface area contributed by atoms with Crippen LogP contribution in [0.15, 0.2) is 35.1 Å². The Labute approximate surface area is 175 Å². The summed E-state index contributed by atoms with van der Waals surface area (Å²) in [7, 11) is -2.01. The molecule has 10 heteroatoms. The van der Waals surface area contributed by atoms with E-state index in [0.717, 1.165) is 16.3 Å². The van der Waals surface area contributed by atoms with Crippen molar-refractivity contribution in [1.82, 2.24) is 9.55 Å². The molecule has 0 bridgehead atoms. The molecule has 7 nitrogen and oxygen atoms in total. The van der Waals surface area contributed by atoms with Crippen molar-refractivity contribution in [3.8, 4) is 0 Å². The van der Waals surface area contributed by atoms with E-state index in [1.807, 2.05) is 13.0 Å². The normalized spacial score (nSPS) is 11.6. The van der Waals surface area contributed by atoms with Gasteiger partial charge in [0.25, 0.3) is 0 Å². The number of aryl methyl sites for hydroxylation is 2. The molecule has 29 heavy (non-hydrogen) atoms. The van der Waals surface area contributed by atoms with E-state index in [1.54, 1.807) is 12.1 Å². The molecule has 0 saturated heterocycles. The van der Waals surface area contributed by atoms with Gasteiger partial charge in [0, 0.05) is 23.0 Å². The van der Waals surface area contributed by atoms with Gasteiger partial charge in [0.1, 0.15) is 15.4 Å². The molecule has 1 heterocycles. The first-order chi connectivity index (χ1) is 13.6. The summed E-state index contributed by atoms with van der Waals surface area (Å²) in [6, 6.07) is 6.87. The number of esters is 1. The first-order valence-electron chi connectivity index (χ1n) is 8.57. The van der Waals surface area contributed by atoms with E-state index in [2.05, 4.69) is 26.2 Å². The number of fused-ring (bicyclic) bond motifs is 1. The lowest BCUT2D eigenvalue weighted by atomic mass is 10.1. The van der Waals surface area contributed by atoms with Crippen molar-refractivity contribution in [2.45, 2.75) is 13.5 Å². The van der Waals surface area contributed by atoms with E-state index in [4.69, 9.17) is 4.74 Å². The number of nitrogens with one attached hydrogen (secondary N) is 1. The van der Waals surface area contributed by atoms with Gasteiger partial charge >= 0.3 is 5.97 Å². The number of aromatic nitrogens is 2. The standard InChI is InChI=1S/C19H19BrFN3O4S/c1-11-8-12(20)4-5-14(11)23-17-13(19(25)28-2)9-15-18(16(17)21)22-10-24(15)6-7-29(3,26)27/h4-5,8-10,23H,6-7H2,1-3H3. The molecule has 0 aliphatic carbocycles. The highest BCUT2D eigenvalue weighted by atomic mass is 79.9. The van der Waals surface area contributed by atoms with Gasteiger partial charge in [0.2, 0.25) is 0 Å². The van der Waals surface area contributed by atoms with E-state index < -0.39 is 21.6 Å². The van der Waals surface area contributed by atoms with Crippen molar-refractivity contribution in [1.29, 1.82) is 0 Å². The second-order valence-electron chi connectivity index (χ2n) is 6.62. The number of ether oxygens (including phenoxy) is 1. The third kappa shape index (κ3) is 4.59. The van der Waals surface area contributed by atoms with Crippen LogP contribution in [0.2, 0.25) is 0 Å². The Hall–Kier alpha value is -2.46. The van der Waals surface area contributed by atoms with Crippen LogP contribution in [0.1, 0.15) is 15.9 Å². The number of imidazole rings is 1. The van der Waals surface area contributed by atoms with Crippen molar-refractivity contribution in [2.24, 2.45) is 0 Å².